The second-order valence-corrected chi connectivity index (χ2v) is 7.83. The van der Waals surface area contributed by atoms with Gasteiger partial charge < -0.3 is 15.6 Å². The molecule has 1 fully saturated rings. The number of carboxylic acid groups (broad SMARTS) is 1. The molecule has 174 valence electrons. The Balaban J connectivity index is 0.00000181. The summed E-state index contributed by atoms with van der Waals surface area (Å²) in [4.78, 5) is 28.0. The fraction of sp³-hybridized carbons (Fsp3) is 0.391. The smallest absolute Gasteiger partial charge is 0.324 e. The molecular weight excluding hydrogens is 453 g/mol. The largest absolute Gasteiger partial charge is 0.480 e. The van der Waals surface area contributed by atoms with Crippen molar-refractivity contribution in [1.82, 2.24) is 9.80 Å². The predicted octanol–water partition coefficient (Wildman–Crippen LogP) is 2.22. The van der Waals surface area contributed by atoms with Crippen LogP contribution in [0.4, 0.5) is 0 Å². The van der Waals surface area contributed by atoms with Crippen molar-refractivity contribution in [3.8, 4) is 11.1 Å². The molecule has 7 nitrogen and oxygen atoms in total. The van der Waals surface area contributed by atoms with Crippen molar-refractivity contribution in [2.24, 2.45) is 5.73 Å². The third-order valence-corrected chi connectivity index (χ3v) is 5.99. The number of piperazine rings is 1. The summed E-state index contributed by atoms with van der Waals surface area (Å²) in [5.41, 5.74) is 10.3. The molecule has 0 amide bonds. The highest BCUT2D eigenvalue weighted by Crippen LogP contribution is 2.44. The fourth-order valence-electron chi connectivity index (χ4n) is 4.55. The molecule has 0 saturated carbocycles. The zero-order chi connectivity index (χ0) is 21.1. The van der Waals surface area contributed by atoms with Gasteiger partial charge in [0.1, 0.15) is 12.6 Å². The highest BCUT2D eigenvalue weighted by atomic mass is 35.5. The third-order valence-electron chi connectivity index (χ3n) is 5.99. The quantitative estimate of drug-likeness (QED) is 0.585. The van der Waals surface area contributed by atoms with Gasteiger partial charge in [-0.05, 0) is 22.3 Å². The van der Waals surface area contributed by atoms with Gasteiger partial charge in [-0.1, -0.05) is 48.5 Å². The molecule has 2 aromatic carbocycles. The lowest BCUT2D eigenvalue weighted by Crippen LogP contribution is -2.58. The van der Waals surface area contributed by atoms with Crippen LogP contribution in [-0.4, -0.2) is 78.8 Å². The summed E-state index contributed by atoms with van der Waals surface area (Å²) in [6, 6.07) is 15.8. The van der Waals surface area contributed by atoms with E-state index in [1.165, 1.54) is 11.1 Å². The number of rotatable bonds is 7. The molecule has 1 atom stereocenters. The molecule has 0 spiro atoms. The Labute approximate surface area is 200 Å². The predicted molar refractivity (Wildman–Crippen MR) is 128 cm³/mol. The maximum Gasteiger partial charge on any atom is 0.324 e. The molecule has 2 aliphatic rings. The van der Waals surface area contributed by atoms with E-state index in [9.17, 15) is 14.7 Å². The molecular formula is C23H29Cl2N3O4. The molecule has 9 heteroatoms. The van der Waals surface area contributed by atoms with Gasteiger partial charge in [0.2, 0.25) is 0 Å². The van der Waals surface area contributed by atoms with Crippen LogP contribution in [0.25, 0.3) is 11.1 Å². The van der Waals surface area contributed by atoms with Crippen LogP contribution in [0.15, 0.2) is 48.5 Å². The van der Waals surface area contributed by atoms with E-state index in [1.54, 1.807) is 4.90 Å². The van der Waals surface area contributed by atoms with Crippen molar-refractivity contribution < 1.29 is 19.4 Å². The number of carboxylic acids is 1. The number of esters is 1. The summed E-state index contributed by atoms with van der Waals surface area (Å²) >= 11 is 0. The third kappa shape index (κ3) is 5.42. The molecule has 1 aliphatic heterocycles. The molecule has 1 heterocycles. The number of benzene rings is 2. The SMILES string of the molecule is Cl.Cl.NCCN1CCN(CC(=O)O)C(C(=O)OCC2c3ccccc3-c3ccccc32)C1. The molecule has 0 radical (unpaired) electrons. The van der Waals surface area contributed by atoms with Crippen molar-refractivity contribution in [2.75, 3.05) is 45.9 Å². The van der Waals surface area contributed by atoms with Gasteiger partial charge in [-0.2, -0.15) is 0 Å². The number of fused-ring (bicyclic) bond motifs is 3. The van der Waals surface area contributed by atoms with E-state index in [4.69, 9.17) is 10.5 Å². The van der Waals surface area contributed by atoms with Crippen LogP contribution >= 0.6 is 24.8 Å². The number of hydrogen-bond donors (Lipinski definition) is 2. The van der Waals surface area contributed by atoms with Crippen LogP contribution in [0.2, 0.25) is 0 Å². The monoisotopic (exact) mass is 481 g/mol. The first-order valence-corrected chi connectivity index (χ1v) is 10.3. The summed E-state index contributed by atoms with van der Waals surface area (Å²) in [5, 5.41) is 9.23. The van der Waals surface area contributed by atoms with Gasteiger partial charge in [-0.25, -0.2) is 0 Å². The first-order chi connectivity index (χ1) is 14.6. The van der Waals surface area contributed by atoms with Gasteiger partial charge in [0.15, 0.2) is 0 Å². The van der Waals surface area contributed by atoms with Gasteiger partial charge in [0.25, 0.3) is 0 Å². The molecule has 0 aromatic heterocycles. The van der Waals surface area contributed by atoms with Crippen molar-refractivity contribution in [3.63, 3.8) is 0 Å². The van der Waals surface area contributed by atoms with E-state index in [-0.39, 0.29) is 49.9 Å². The molecule has 3 N–H and O–H groups in total. The highest BCUT2D eigenvalue weighted by molar-refractivity contribution is 5.85. The summed E-state index contributed by atoms with van der Waals surface area (Å²) < 4.78 is 5.79. The van der Waals surface area contributed by atoms with Crippen LogP contribution in [0.5, 0.6) is 0 Å². The minimum atomic E-state index is -0.946. The maximum absolute atomic E-state index is 13.0. The molecule has 4 rings (SSSR count). The summed E-state index contributed by atoms with van der Waals surface area (Å²) in [7, 11) is 0. The number of nitrogens with zero attached hydrogens (tertiary/aromatic N) is 2. The van der Waals surface area contributed by atoms with Gasteiger partial charge in [0.05, 0.1) is 6.54 Å². The van der Waals surface area contributed by atoms with Crippen LogP contribution in [0.1, 0.15) is 17.0 Å². The Morgan fingerprint density at radius 2 is 1.59 bits per heavy atom. The Hall–Kier alpha value is -2.16. The lowest BCUT2D eigenvalue weighted by Gasteiger charge is -2.39. The minimum absolute atomic E-state index is 0. The zero-order valence-electron chi connectivity index (χ0n) is 17.7. The Kier molecular flexibility index (Phi) is 9.48. The molecule has 0 bridgehead atoms. The van der Waals surface area contributed by atoms with Crippen LogP contribution < -0.4 is 5.73 Å². The van der Waals surface area contributed by atoms with E-state index in [0.29, 0.717) is 32.7 Å². The number of nitrogens with two attached hydrogens (primary N) is 1. The van der Waals surface area contributed by atoms with Gasteiger partial charge in [-0.3, -0.25) is 19.4 Å². The Bertz CT molecular complexity index is 897. The number of carbonyl (C=O) groups is 2. The van der Waals surface area contributed by atoms with Crippen molar-refractivity contribution in [2.45, 2.75) is 12.0 Å². The standard InChI is InChI=1S/C23H27N3O4.2ClH/c24-9-10-25-11-12-26(14-22(27)28)21(13-25)23(29)30-15-20-18-7-3-1-5-16(18)17-6-2-4-8-19(17)20;;/h1-8,20-21H,9-15,24H2,(H,27,28);2*1H. The lowest BCUT2D eigenvalue weighted by molar-refractivity contribution is -0.154. The highest BCUT2D eigenvalue weighted by Gasteiger charge is 2.36. The number of aliphatic carboxylic acids is 1. The molecule has 32 heavy (non-hydrogen) atoms. The van der Waals surface area contributed by atoms with E-state index in [1.807, 2.05) is 24.3 Å². The number of ether oxygens (including phenoxy) is 1. The molecule has 1 saturated heterocycles. The fourth-order valence-corrected chi connectivity index (χ4v) is 4.55. The van der Waals surface area contributed by atoms with Crippen LogP contribution in [0, 0.1) is 0 Å². The lowest BCUT2D eigenvalue weighted by atomic mass is 9.98. The Morgan fingerprint density at radius 3 is 2.16 bits per heavy atom. The zero-order valence-corrected chi connectivity index (χ0v) is 19.3. The van der Waals surface area contributed by atoms with Gasteiger partial charge in [0, 0.05) is 38.6 Å². The topological polar surface area (TPSA) is 96.1 Å². The maximum atomic E-state index is 13.0. The summed E-state index contributed by atoms with van der Waals surface area (Å²) in [6.07, 6.45) is 0. The van der Waals surface area contributed by atoms with Crippen LogP contribution in [0.3, 0.4) is 0 Å². The number of halogens is 2. The van der Waals surface area contributed by atoms with E-state index in [2.05, 4.69) is 29.2 Å². The van der Waals surface area contributed by atoms with Crippen molar-refractivity contribution >= 4 is 36.8 Å². The molecule has 1 unspecified atom stereocenters. The average Bonchev–Trinajstić information content (AvgIpc) is 3.07. The van der Waals surface area contributed by atoms with E-state index in [0.717, 1.165) is 11.1 Å². The number of hydrogen-bond acceptors (Lipinski definition) is 6. The average molecular weight is 482 g/mol. The first kappa shape index (κ1) is 26.1. The van der Waals surface area contributed by atoms with Crippen molar-refractivity contribution in [3.05, 3.63) is 59.7 Å². The normalized spacial score (nSPS) is 18.1. The van der Waals surface area contributed by atoms with Crippen LogP contribution in [-0.2, 0) is 14.3 Å². The second kappa shape index (κ2) is 11.6. The first-order valence-electron chi connectivity index (χ1n) is 10.3. The molecule has 2 aromatic rings. The Morgan fingerprint density at radius 1 is 1.00 bits per heavy atom. The minimum Gasteiger partial charge on any atom is -0.480 e. The second-order valence-electron chi connectivity index (χ2n) is 7.83. The summed E-state index contributed by atoms with van der Waals surface area (Å²) in [6.45, 7) is 2.86. The molecule has 1 aliphatic carbocycles. The van der Waals surface area contributed by atoms with Gasteiger partial charge >= 0.3 is 11.9 Å². The van der Waals surface area contributed by atoms with E-state index < -0.39 is 12.0 Å². The van der Waals surface area contributed by atoms with Gasteiger partial charge in [-0.15, -0.1) is 24.8 Å². The summed E-state index contributed by atoms with van der Waals surface area (Å²) in [5.74, 6) is -1.34. The van der Waals surface area contributed by atoms with E-state index >= 15 is 0 Å². The van der Waals surface area contributed by atoms with Crippen molar-refractivity contribution in [1.29, 1.82) is 0 Å². The number of carbonyl (C=O) groups excluding carboxylic acids is 1.